The molecule has 0 unspecified atom stereocenters. The lowest BCUT2D eigenvalue weighted by Crippen LogP contribution is -2.20. The molecule has 3 aromatic carbocycles. The summed E-state index contributed by atoms with van der Waals surface area (Å²) in [5.41, 5.74) is 6.35. The maximum absolute atomic E-state index is 12.4. The normalized spacial score (nSPS) is 10.9. The van der Waals surface area contributed by atoms with Gasteiger partial charge in [-0.15, -0.1) is 10.2 Å². The van der Waals surface area contributed by atoms with Crippen molar-refractivity contribution in [3.05, 3.63) is 83.9 Å². The van der Waals surface area contributed by atoms with E-state index in [0.717, 1.165) is 16.8 Å². The summed E-state index contributed by atoms with van der Waals surface area (Å²) in [6, 6.07) is 23.3. The number of aromatic nitrogens is 3. The monoisotopic (exact) mass is 487 g/mol. The first kappa shape index (κ1) is 24.0. The van der Waals surface area contributed by atoms with Crippen LogP contribution >= 0.6 is 11.8 Å². The zero-order valence-electron chi connectivity index (χ0n) is 19.6. The van der Waals surface area contributed by atoms with Crippen LogP contribution in [0, 0.1) is 6.92 Å². The van der Waals surface area contributed by atoms with E-state index >= 15 is 0 Å². The van der Waals surface area contributed by atoms with Gasteiger partial charge in [-0.2, -0.15) is 5.10 Å². The van der Waals surface area contributed by atoms with Gasteiger partial charge in [-0.1, -0.05) is 59.8 Å². The zero-order valence-corrected chi connectivity index (χ0v) is 20.5. The number of hydrogen-bond donors (Lipinski definition) is 1. The average Bonchev–Trinajstić information content (AvgIpc) is 3.32. The van der Waals surface area contributed by atoms with Gasteiger partial charge in [0, 0.05) is 11.3 Å². The van der Waals surface area contributed by atoms with Crippen LogP contribution in [0.5, 0.6) is 11.5 Å². The molecule has 0 aliphatic carbocycles. The Morgan fingerprint density at radius 1 is 1.00 bits per heavy atom. The Morgan fingerprint density at radius 2 is 1.74 bits per heavy atom. The quantitative estimate of drug-likeness (QED) is 0.212. The van der Waals surface area contributed by atoms with Crippen molar-refractivity contribution in [1.29, 1.82) is 0 Å². The third-order valence-electron chi connectivity index (χ3n) is 5.10. The molecule has 0 spiro atoms. The molecule has 1 aromatic heterocycles. The molecular formula is C26H25N5O3S. The lowest BCUT2D eigenvalue weighted by atomic mass is 10.1. The predicted octanol–water partition coefficient (Wildman–Crippen LogP) is 4.50. The van der Waals surface area contributed by atoms with Gasteiger partial charge >= 0.3 is 0 Å². The first-order valence-electron chi connectivity index (χ1n) is 10.8. The molecular weight excluding hydrogens is 462 g/mol. The molecule has 8 nitrogen and oxygen atoms in total. The van der Waals surface area contributed by atoms with Crippen LogP contribution in [0.4, 0.5) is 0 Å². The van der Waals surface area contributed by atoms with Gasteiger partial charge in [0.25, 0.3) is 5.91 Å². The van der Waals surface area contributed by atoms with E-state index in [1.165, 1.54) is 17.3 Å². The second-order valence-corrected chi connectivity index (χ2v) is 8.48. The lowest BCUT2D eigenvalue weighted by molar-refractivity contribution is -0.118. The van der Waals surface area contributed by atoms with Gasteiger partial charge in [-0.05, 0) is 42.8 Å². The standard InChI is InChI=1S/C26H25N5O3S/c1-18-9-12-20(13-10-18)25-29-30-26(31(25)21-7-5-4-6-8-21)35-17-24(32)28-27-16-19-11-14-22(33-2)23(15-19)34-3/h4-16H,17H2,1-3H3,(H,28,32)/b27-16-. The molecule has 1 N–H and O–H groups in total. The van der Waals surface area contributed by atoms with Crippen LogP contribution in [0.25, 0.3) is 17.1 Å². The Hall–Kier alpha value is -4.11. The number of benzene rings is 3. The Kier molecular flexibility index (Phi) is 7.79. The molecule has 0 aliphatic heterocycles. The first-order chi connectivity index (χ1) is 17.1. The van der Waals surface area contributed by atoms with Crippen LogP contribution in [-0.2, 0) is 4.79 Å². The number of amides is 1. The third kappa shape index (κ3) is 5.88. The highest BCUT2D eigenvalue weighted by molar-refractivity contribution is 7.99. The van der Waals surface area contributed by atoms with Crippen molar-refractivity contribution >= 4 is 23.9 Å². The van der Waals surface area contributed by atoms with Crippen molar-refractivity contribution in [3.8, 4) is 28.6 Å². The minimum atomic E-state index is -0.258. The minimum Gasteiger partial charge on any atom is -0.493 e. The van der Waals surface area contributed by atoms with Crippen LogP contribution in [0.3, 0.4) is 0 Å². The number of carbonyl (C=O) groups is 1. The van der Waals surface area contributed by atoms with E-state index in [4.69, 9.17) is 9.47 Å². The lowest BCUT2D eigenvalue weighted by Gasteiger charge is -2.10. The molecule has 0 fully saturated rings. The van der Waals surface area contributed by atoms with Gasteiger partial charge in [0.05, 0.1) is 26.2 Å². The van der Waals surface area contributed by atoms with Crippen LogP contribution in [0.15, 0.2) is 83.1 Å². The Labute approximate surface area is 208 Å². The SMILES string of the molecule is COc1ccc(/C=N\NC(=O)CSc2nnc(-c3ccc(C)cc3)n2-c2ccccc2)cc1OC. The van der Waals surface area contributed by atoms with Crippen molar-refractivity contribution in [2.75, 3.05) is 20.0 Å². The Morgan fingerprint density at radius 3 is 2.46 bits per heavy atom. The van der Waals surface area contributed by atoms with E-state index in [1.54, 1.807) is 32.6 Å². The molecule has 178 valence electrons. The van der Waals surface area contributed by atoms with E-state index < -0.39 is 0 Å². The Bertz CT molecular complexity index is 1320. The number of hydrazone groups is 1. The summed E-state index contributed by atoms with van der Waals surface area (Å²) in [6.45, 7) is 2.04. The van der Waals surface area contributed by atoms with E-state index in [9.17, 15) is 4.79 Å². The molecule has 0 saturated heterocycles. The number of rotatable bonds is 9. The number of carbonyl (C=O) groups excluding carboxylic acids is 1. The molecule has 0 bridgehead atoms. The van der Waals surface area contributed by atoms with E-state index in [2.05, 4.69) is 20.7 Å². The molecule has 35 heavy (non-hydrogen) atoms. The molecule has 4 aromatic rings. The molecule has 0 aliphatic rings. The van der Waals surface area contributed by atoms with Gasteiger partial charge in [0.1, 0.15) is 0 Å². The second-order valence-electron chi connectivity index (χ2n) is 7.54. The fourth-order valence-corrected chi connectivity index (χ4v) is 4.08. The maximum Gasteiger partial charge on any atom is 0.250 e. The van der Waals surface area contributed by atoms with Crippen LogP contribution in [0.2, 0.25) is 0 Å². The van der Waals surface area contributed by atoms with Crippen LogP contribution in [-0.4, -0.2) is 46.9 Å². The van der Waals surface area contributed by atoms with Crippen molar-refractivity contribution in [2.24, 2.45) is 5.10 Å². The summed E-state index contributed by atoms with van der Waals surface area (Å²) >= 11 is 1.29. The fraction of sp³-hybridized carbons (Fsp3) is 0.154. The summed E-state index contributed by atoms with van der Waals surface area (Å²) in [5, 5.41) is 13.4. The molecule has 0 saturated carbocycles. The van der Waals surface area contributed by atoms with E-state index in [1.807, 2.05) is 72.2 Å². The number of ether oxygens (including phenoxy) is 2. The number of hydrogen-bond acceptors (Lipinski definition) is 7. The number of nitrogens with zero attached hydrogens (tertiary/aromatic N) is 4. The first-order valence-corrected chi connectivity index (χ1v) is 11.8. The summed E-state index contributed by atoms with van der Waals surface area (Å²) in [6.07, 6.45) is 1.55. The summed E-state index contributed by atoms with van der Waals surface area (Å²) in [4.78, 5) is 12.4. The molecule has 0 radical (unpaired) electrons. The average molecular weight is 488 g/mol. The number of para-hydroxylation sites is 1. The largest absolute Gasteiger partial charge is 0.493 e. The van der Waals surface area contributed by atoms with Crippen molar-refractivity contribution in [1.82, 2.24) is 20.2 Å². The summed E-state index contributed by atoms with van der Waals surface area (Å²) in [7, 11) is 3.14. The van der Waals surface area contributed by atoms with E-state index in [0.29, 0.717) is 22.5 Å². The smallest absolute Gasteiger partial charge is 0.250 e. The van der Waals surface area contributed by atoms with Gasteiger partial charge in [0.15, 0.2) is 22.5 Å². The van der Waals surface area contributed by atoms with Gasteiger partial charge in [-0.3, -0.25) is 9.36 Å². The fourth-order valence-electron chi connectivity index (χ4n) is 3.34. The van der Waals surface area contributed by atoms with Gasteiger partial charge in [0.2, 0.25) is 0 Å². The zero-order chi connectivity index (χ0) is 24.6. The Balaban J connectivity index is 1.46. The van der Waals surface area contributed by atoms with Gasteiger partial charge in [-0.25, -0.2) is 5.43 Å². The second kappa shape index (κ2) is 11.3. The topological polar surface area (TPSA) is 90.6 Å². The van der Waals surface area contributed by atoms with Crippen molar-refractivity contribution in [3.63, 3.8) is 0 Å². The summed E-state index contributed by atoms with van der Waals surface area (Å²) in [5.74, 6) is 1.79. The highest BCUT2D eigenvalue weighted by atomic mass is 32.2. The predicted molar refractivity (Wildman–Crippen MR) is 138 cm³/mol. The molecule has 1 amide bonds. The minimum absolute atomic E-state index is 0.127. The molecule has 0 atom stereocenters. The maximum atomic E-state index is 12.4. The summed E-state index contributed by atoms with van der Waals surface area (Å²) < 4.78 is 12.5. The molecule has 9 heteroatoms. The van der Waals surface area contributed by atoms with Crippen LogP contribution < -0.4 is 14.9 Å². The highest BCUT2D eigenvalue weighted by Crippen LogP contribution is 2.28. The van der Waals surface area contributed by atoms with Crippen molar-refractivity contribution < 1.29 is 14.3 Å². The van der Waals surface area contributed by atoms with Crippen LogP contribution in [0.1, 0.15) is 11.1 Å². The van der Waals surface area contributed by atoms with Crippen molar-refractivity contribution in [2.45, 2.75) is 12.1 Å². The number of thioether (sulfide) groups is 1. The number of methoxy groups -OCH3 is 2. The third-order valence-corrected chi connectivity index (χ3v) is 6.03. The molecule has 1 heterocycles. The number of nitrogens with one attached hydrogen (secondary N) is 1. The van der Waals surface area contributed by atoms with Gasteiger partial charge < -0.3 is 9.47 Å². The number of aryl methyl sites for hydroxylation is 1. The molecule has 4 rings (SSSR count). The highest BCUT2D eigenvalue weighted by Gasteiger charge is 2.17. The van der Waals surface area contributed by atoms with E-state index in [-0.39, 0.29) is 11.7 Å².